The van der Waals surface area contributed by atoms with Gasteiger partial charge in [-0.25, -0.2) is 4.39 Å². The van der Waals surface area contributed by atoms with Crippen LogP contribution in [0.15, 0.2) is 223 Å². The van der Waals surface area contributed by atoms with Gasteiger partial charge in [-0.3, -0.25) is 0 Å². The average Bonchev–Trinajstić information content (AvgIpc) is 3.68. The molecule has 1 aromatic heterocycles. The molecule has 0 atom stereocenters. The van der Waals surface area contributed by atoms with Gasteiger partial charge in [-0.15, -0.1) is 0 Å². The third-order valence-corrected chi connectivity index (χ3v) is 11.1. The van der Waals surface area contributed by atoms with Gasteiger partial charge in [0.05, 0.1) is 28.4 Å². The summed E-state index contributed by atoms with van der Waals surface area (Å²) in [6.45, 7) is 0. The molecule has 0 unspecified atom stereocenters. The smallest absolute Gasteiger partial charge is 0.159 e. The van der Waals surface area contributed by atoms with Crippen LogP contribution in [0.2, 0.25) is 0 Å². The Morgan fingerprint density at radius 3 is 1.34 bits per heavy atom. The maximum Gasteiger partial charge on any atom is 0.159 e. The molecule has 59 heavy (non-hydrogen) atoms. The van der Waals surface area contributed by atoms with Gasteiger partial charge in [0.25, 0.3) is 0 Å². The highest BCUT2D eigenvalue weighted by Gasteiger charge is 2.28. The Labute approximate surface area is 341 Å². The van der Waals surface area contributed by atoms with Gasteiger partial charge in [-0.2, -0.15) is 0 Å². The minimum absolute atomic E-state index is 0.321. The highest BCUT2D eigenvalue weighted by Crippen LogP contribution is 2.51. The van der Waals surface area contributed by atoms with E-state index in [9.17, 15) is 0 Å². The molecule has 280 valence electrons. The Balaban J connectivity index is 1.24. The highest BCUT2D eigenvalue weighted by molar-refractivity contribution is 6.14. The molecule has 9 aromatic carbocycles. The molecule has 2 heterocycles. The topological polar surface area (TPSA) is 22.9 Å². The van der Waals surface area contributed by atoms with E-state index in [1.165, 1.54) is 6.07 Å². The molecule has 0 spiro atoms. The molecule has 5 heteroatoms. The Hall–Kier alpha value is -7.89. The molecule has 4 bridgehead atoms. The standard InChI is InChI=1S/C54H36FN3O/c55-41-21-12-26-45(33-41)58-48-35-46(34-47(36-48)57(42-22-8-3-9-23-42)51-29-13-27-49-50-28-14-30-52(58)54(50)59-53(49)51)56(43-24-10-19-39(31-43)37-15-4-1-5-16-37)44-25-11-20-40(32-44)38-17-6-2-7-18-38/h1-36H. The summed E-state index contributed by atoms with van der Waals surface area (Å²) in [5.41, 5.74) is 14.0. The number of anilines is 9. The van der Waals surface area contributed by atoms with Crippen molar-refractivity contribution in [1.29, 1.82) is 0 Å². The van der Waals surface area contributed by atoms with Crippen molar-refractivity contribution in [2.45, 2.75) is 0 Å². The first kappa shape index (κ1) is 34.4. The van der Waals surface area contributed by atoms with E-state index < -0.39 is 0 Å². The molecule has 0 N–H and O–H groups in total. The highest BCUT2D eigenvalue weighted by atomic mass is 19.1. The van der Waals surface area contributed by atoms with Gasteiger partial charge in [0.1, 0.15) is 5.82 Å². The predicted octanol–water partition coefficient (Wildman–Crippen LogP) is 15.8. The third-order valence-electron chi connectivity index (χ3n) is 11.1. The van der Waals surface area contributed by atoms with Gasteiger partial charge in [-0.05, 0) is 107 Å². The third kappa shape index (κ3) is 6.08. The van der Waals surface area contributed by atoms with Crippen LogP contribution < -0.4 is 14.7 Å². The van der Waals surface area contributed by atoms with Crippen molar-refractivity contribution < 1.29 is 8.81 Å². The lowest BCUT2D eigenvalue weighted by Gasteiger charge is -2.33. The van der Waals surface area contributed by atoms with Crippen molar-refractivity contribution in [3.05, 3.63) is 224 Å². The number of hydrogen-bond donors (Lipinski definition) is 0. The van der Waals surface area contributed by atoms with Crippen molar-refractivity contribution in [3.63, 3.8) is 0 Å². The van der Waals surface area contributed by atoms with E-state index in [4.69, 9.17) is 4.42 Å². The van der Waals surface area contributed by atoms with E-state index in [-0.39, 0.29) is 5.82 Å². The van der Waals surface area contributed by atoms with E-state index >= 15 is 4.39 Å². The molecule has 0 amide bonds. The first-order valence-corrected chi connectivity index (χ1v) is 19.8. The number of hydrogen-bond acceptors (Lipinski definition) is 4. The molecule has 0 fully saturated rings. The minimum Gasteiger partial charge on any atom is -0.452 e. The first-order valence-electron chi connectivity index (χ1n) is 19.8. The number of rotatable bonds is 7. The molecule has 0 saturated carbocycles. The van der Waals surface area contributed by atoms with Crippen LogP contribution in [0.3, 0.4) is 0 Å². The summed E-state index contributed by atoms with van der Waals surface area (Å²) in [6, 6.07) is 74.8. The first-order chi connectivity index (χ1) is 29.2. The fraction of sp³-hybridized carbons (Fsp3) is 0. The lowest BCUT2D eigenvalue weighted by molar-refractivity contribution is 0.628. The Bertz CT molecular complexity index is 3060. The van der Waals surface area contributed by atoms with Crippen LogP contribution in [-0.4, -0.2) is 0 Å². The van der Waals surface area contributed by atoms with E-state index in [0.29, 0.717) is 5.69 Å². The van der Waals surface area contributed by atoms with E-state index in [1.807, 2.05) is 24.3 Å². The van der Waals surface area contributed by atoms with Crippen LogP contribution >= 0.6 is 0 Å². The normalized spacial score (nSPS) is 12.1. The number of nitrogens with zero attached hydrogens (tertiary/aromatic N) is 3. The second kappa shape index (κ2) is 14.2. The van der Waals surface area contributed by atoms with Gasteiger partial charge in [0.2, 0.25) is 0 Å². The summed E-state index contributed by atoms with van der Waals surface area (Å²) in [7, 11) is 0. The van der Waals surface area contributed by atoms with Crippen LogP contribution in [0.5, 0.6) is 0 Å². The molecule has 11 rings (SSSR count). The Morgan fingerprint density at radius 1 is 0.339 bits per heavy atom. The fourth-order valence-electron chi connectivity index (χ4n) is 8.51. The summed E-state index contributed by atoms with van der Waals surface area (Å²) >= 11 is 0. The molecule has 0 aliphatic carbocycles. The molecule has 1 aliphatic rings. The number of para-hydroxylation sites is 3. The maximum absolute atomic E-state index is 15.4. The second-order valence-corrected chi connectivity index (χ2v) is 14.8. The zero-order valence-electron chi connectivity index (χ0n) is 31.9. The summed E-state index contributed by atoms with van der Waals surface area (Å²) < 4.78 is 22.3. The molecule has 10 aromatic rings. The zero-order valence-corrected chi connectivity index (χ0v) is 31.9. The van der Waals surface area contributed by atoms with Crippen molar-refractivity contribution in [3.8, 4) is 22.3 Å². The predicted molar refractivity (Wildman–Crippen MR) is 242 cm³/mol. The number of fused-ring (bicyclic) bond motifs is 3. The molecule has 4 nitrogen and oxygen atoms in total. The van der Waals surface area contributed by atoms with Crippen LogP contribution in [0.4, 0.5) is 55.6 Å². The molecule has 0 saturated heterocycles. The van der Waals surface area contributed by atoms with Gasteiger partial charge < -0.3 is 19.1 Å². The van der Waals surface area contributed by atoms with Crippen molar-refractivity contribution >= 4 is 73.1 Å². The van der Waals surface area contributed by atoms with E-state index in [1.54, 1.807) is 12.1 Å². The number of halogens is 1. The Kier molecular flexibility index (Phi) is 8.30. The monoisotopic (exact) mass is 761 g/mol. The summed E-state index contributed by atoms with van der Waals surface area (Å²) in [6.07, 6.45) is 0. The lowest BCUT2D eigenvalue weighted by Crippen LogP contribution is -2.17. The summed E-state index contributed by atoms with van der Waals surface area (Å²) in [5.74, 6) is -0.321. The Morgan fingerprint density at radius 2 is 0.797 bits per heavy atom. The minimum atomic E-state index is -0.321. The SMILES string of the molecule is Fc1cccc(N2c3cc(N(c4cccc(-c5ccccc5)c4)c4cccc(-c5ccccc5)c4)cc(c3)N(c3ccccc3)c3cccc4c3oc3c2cccc34)c1. The molecule has 0 radical (unpaired) electrons. The van der Waals surface area contributed by atoms with E-state index in [0.717, 1.165) is 89.7 Å². The van der Waals surface area contributed by atoms with E-state index in [2.05, 4.69) is 191 Å². The summed E-state index contributed by atoms with van der Waals surface area (Å²) in [5, 5.41) is 1.99. The molecular weight excluding hydrogens is 726 g/mol. The lowest BCUT2D eigenvalue weighted by atomic mass is 10.0. The van der Waals surface area contributed by atoms with Gasteiger partial charge >= 0.3 is 0 Å². The van der Waals surface area contributed by atoms with Crippen LogP contribution in [0.25, 0.3) is 44.2 Å². The van der Waals surface area contributed by atoms with Crippen LogP contribution in [-0.2, 0) is 0 Å². The van der Waals surface area contributed by atoms with Crippen LogP contribution in [0, 0.1) is 5.82 Å². The molecule has 1 aliphatic heterocycles. The largest absolute Gasteiger partial charge is 0.452 e. The zero-order chi connectivity index (χ0) is 39.3. The summed E-state index contributed by atoms with van der Waals surface area (Å²) in [4.78, 5) is 6.72. The van der Waals surface area contributed by atoms with Gasteiger partial charge in [0.15, 0.2) is 11.2 Å². The van der Waals surface area contributed by atoms with Crippen molar-refractivity contribution in [1.82, 2.24) is 0 Å². The fourth-order valence-corrected chi connectivity index (χ4v) is 8.51. The van der Waals surface area contributed by atoms with Gasteiger partial charge in [-0.1, -0.05) is 133 Å². The quantitative estimate of drug-likeness (QED) is 0.161. The van der Waals surface area contributed by atoms with Crippen molar-refractivity contribution in [2.24, 2.45) is 0 Å². The number of furan rings is 1. The maximum atomic E-state index is 15.4. The molecular formula is C54H36FN3O. The average molecular weight is 762 g/mol. The van der Waals surface area contributed by atoms with Crippen LogP contribution in [0.1, 0.15) is 0 Å². The van der Waals surface area contributed by atoms with Crippen molar-refractivity contribution in [2.75, 3.05) is 14.7 Å². The second-order valence-electron chi connectivity index (χ2n) is 14.8. The number of benzene rings is 9. The van der Waals surface area contributed by atoms with Gasteiger partial charge in [0, 0.05) is 33.5 Å².